The molecule has 1 aliphatic carbocycles. The van der Waals surface area contributed by atoms with Gasteiger partial charge in [-0.2, -0.15) is 4.98 Å². The lowest BCUT2D eigenvalue weighted by Gasteiger charge is -2.35. The minimum absolute atomic E-state index is 0.582. The van der Waals surface area contributed by atoms with Gasteiger partial charge in [-0.3, -0.25) is 0 Å². The lowest BCUT2D eigenvalue weighted by Crippen LogP contribution is -2.38. The average Bonchev–Trinajstić information content (AvgIpc) is 3.35. The zero-order chi connectivity index (χ0) is 21.0. The fourth-order valence-corrected chi connectivity index (χ4v) is 4.41. The maximum Gasteiger partial charge on any atom is 0.230 e. The van der Waals surface area contributed by atoms with Crippen LogP contribution in [0.25, 0.3) is 6.08 Å². The van der Waals surface area contributed by atoms with Gasteiger partial charge in [0.1, 0.15) is 11.6 Å². The predicted molar refractivity (Wildman–Crippen MR) is 127 cm³/mol. The van der Waals surface area contributed by atoms with Crippen LogP contribution in [0.2, 0.25) is 0 Å². The lowest BCUT2D eigenvalue weighted by atomic mass is 10.0. The number of hydrogen-bond acceptors (Lipinski definition) is 6. The van der Waals surface area contributed by atoms with E-state index in [2.05, 4.69) is 38.5 Å². The molecule has 2 aliphatic rings. The maximum absolute atomic E-state index is 4.90. The van der Waals surface area contributed by atoms with Crippen molar-refractivity contribution in [3.05, 3.63) is 66.0 Å². The SMILES string of the molecule is CCC1=Cc2cnc(Nc3ccc(Nc4ccccc4)cn3)nc2N(C2CCCC2)C1. The molecule has 31 heavy (non-hydrogen) atoms. The van der Waals surface area contributed by atoms with Crippen molar-refractivity contribution in [2.24, 2.45) is 0 Å². The van der Waals surface area contributed by atoms with Crippen molar-refractivity contribution in [3.8, 4) is 0 Å². The first kappa shape index (κ1) is 19.5. The van der Waals surface area contributed by atoms with Crippen LogP contribution in [0.4, 0.5) is 29.0 Å². The van der Waals surface area contributed by atoms with Crippen LogP contribution in [0.3, 0.4) is 0 Å². The molecule has 3 aromatic rings. The van der Waals surface area contributed by atoms with Gasteiger partial charge in [0, 0.05) is 30.0 Å². The van der Waals surface area contributed by atoms with Crippen molar-refractivity contribution >= 4 is 35.0 Å². The largest absolute Gasteiger partial charge is 0.354 e. The van der Waals surface area contributed by atoms with Crippen LogP contribution in [0.15, 0.2) is 60.4 Å². The van der Waals surface area contributed by atoms with Crippen molar-refractivity contribution in [2.75, 3.05) is 22.1 Å². The van der Waals surface area contributed by atoms with Crippen LogP contribution in [-0.4, -0.2) is 27.5 Å². The Kier molecular flexibility index (Phi) is 5.52. The molecule has 1 aliphatic heterocycles. The summed E-state index contributed by atoms with van der Waals surface area (Å²) in [6.45, 7) is 3.20. The number of anilines is 5. The maximum atomic E-state index is 4.90. The average molecular weight is 413 g/mol. The van der Waals surface area contributed by atoms with Crippen LogP contribution in [0, 0.1) is 0 Å². The second-order valence-electron chi connectivity index (χ2n) is 8.24. The molecule has 0 spiro atoms. The number of hydrogen-bond donors (Lipinski definition) is 2. The summed E-state index contributed by atoms with van der Waals surface area (Å²) in [5, 5.41) is 6.62. The molecule has 6 nitrogen and oxygen atoms in total. The van der Waals surface area contributed by atoms with Crippen LogP contribution in [-0.2, 0) is 0 Å². The number of para-hydroxylation sites is 1. The Hall–Kier alpha value is -3.41. The van der Waals surface area contributed by atoms with Crippen molar-refractivity contribution < 1.29 is 0 Å². The van der Waals surface area contributed by atoms with Gasteiger partial charge in [0.15, 0.2) is 0 Å². The van der Waals surface area contributed by atoms with E-state index in [1.807, 2.05) is 54.9 Å². The topological polar surface area (TPSA) is 66.0 Å². The minimum Gasteiger partial charge on any atom is -0.354 e. The van der Waals surface area contributed by atoms with Crippen LogP contribution in [0.1, 0.15) is 44.6 Å². The molecule has 2 aromatic heterocycles. The lowest BCUT2D eigenvalue weighted by molar-refractivity contribution is 0.611. The molecule has 0 bridgehead atoms. The molecule has 0 atom stereocenters. The fraction of sp³-hybridized carbons (Fsp3) is 0.320. The van der Waals surface area contributed by atoms with E-state index in [9.17, 15) is 0 Å². The second-order valence-corrected chi connectivity index (χ2v) is 8.24. The molecule has 2 N–H and O–H groups in total. The third kappa shape index (κ3) is 4.38. The molecule has 6 heteroatoms. The van der Waals surface area contributed by atoms with E-state index in [1.54, 1.807) is 0 Å². The van der Waals surface area contributed by atoms with E-state index >= 15 is 0 Å². The van der Waals surface area contributed by atoms with Gasteiger partial charge in [-0.1, -0.05) is 43.5 Å². The molecule has 1 fully saturated rings. The molecule has 1 saturated carbocycles. The first-order valence-corrected chi connectivity index (χ1v) is 11.2. The Morgan fingerprint density at radius 3 is 2.52 bits per heavy atom. The molecule has 0 amide bonds. The highest BCUT2D eigenvalue weighted by molar-refractivity contribution is 5.72. The summed E-state index contributed by atoms with van der Waals surface area (Å²) < 4.78 is 0. The summed E-state index contributed by atoms with van der Waals surface area (Å²) >= 11 is 0. The first-order valence-electron chi connectivity index (χ1n) is 11.2. The summed E-state index contributed by atoms with van der Waals surface area (Å²) in [6, 6.07) is 14.6. The third-order valence-electron chi connectivity index (χ3n) is 6.09. The molecule has 0 saturated heterocycles. The first-order chi connectivity index (χ1) is 15.3. The van der Waals surface area contributed by atoms with E-state index in [-0.39, 0.29) is 0 Å². The van der Waals surface area contributed by atoms with Crippen LogP contribution >= 0.6 is 0 Å². The van der Waals surface area contributed by atoms with Gasteiger partial charge in [-0.05, 0) is 49.6 Å². The number of nitrogens with zero attached hydrogens (tertiary/aromatic N) is 4. The van der Waals surface area contributed by atoms with E-state index in [1.165, 1.54) is 31.3 Å². The number of rotatable bonds is 6. The predicted octanol–water partition coefficient (Wildman–Crippen LogP) is 5.91. The fourth-order valence-electron chi connectivity index (χ4n) is 4.41. The molecule has 0 unspecified atom stereocenters. The van der Waals surface area contributed by atoms with Gasteiger partial charge >= 0.3 is 0 Å². The molecule has 3 heterocycles. The summed E-state index contributed by atoms with van der Waals surface area (Å²) in [7, 11) is 0. The van der Waals surface area contributed by atoms with Crippen molar-refractivity contribution in [2.45, 2.75) is 45.1 Å². The summed E-state index contributed by atoms with van der Waals surface area (Å²) in [5.41, 5.74) is 4.55. The summed E-state index contributed by atoms with van der Waals surface area (Å²) in [6.07, 6.45) is 12.2. The van der Waals surface area contributed by atoms with Gasteiger partial charge < -0.3 is 15.5 Å². The zero-order valence-electron chi connectivity index (χ0n) is 17.9. The van der Waals surface area contributed by atoms with Gasteiger partial charge in [0.2, 0.25) is 5.95 Å². The highest BCUT2D eigenvalue weighted by Gasteiger charge is 2.28. The highest BCUT2D eigenvalue weighted by Crippen LogP contribution is 2.35. The quantitative estimate of drug-likeness (QED) is 0.524. The number of fused-ring (bicyclic) bond motifs is 1. The Bertz CT molecular complexity index is 1060. The standard InChI is InChI=1S/C25H28N6/c1-2-18-14-19-15-27-25(30-24(19)31(17-18)22-10-6-7-11-22)29-23-13-12-21(16-26-23)28-20-8-4-3-5-9-20/h3-5,8-9,12-16,22,28H,2,6-7,10-11,17H2,1H3,(H,26,27,29,30). The molecular formula is C25H28N6. The Morgan fingerprint density at radius 1 is 0.935 bits per heavy atom. The molecule has 0 radical (unpaired) electrons. The van der Waals surface area contributed by atoms with Crippen molar-refractivity contribution in [1.82, 2.24) is 15.0 Å². The van der Waals surface area contributed by atoms with Crippen LogP contribution in [0.5, 0.6) is 0 Å². The van der Waals surface area contributed by atoms with Crippen molar-refractivity contribution in [3.63, 3.8) is 0 Å². The van der Waals surface area contributed by atoms with Gasteiger partial charge in [-0.15, -0.1) is 0 Å². The number of aromatic nitrogens is 3. The zero-order valence-corrected chi connectivity index (χ0v) is 17.9. The highest BCUT2D eigenvalue weighted by atomic mass is 15.3. The third-order valence-corrected chi connectivity index (χ3v) is 6.09. The molecule has 5 rings (SSSR count). The number of benzene rings is 1. The number of nitrogens with one attached hydrogen (secondary N) is 2. The van der Waals surface area contributed by atoms with Gasteiger partial charge in [-0.25, -0.2) is 9.97 Å². The van der Waals surface area contributed by atoms with Gasteiger partial charge in [0.25, 0.3) is 0 Å². The van der Waals surface area contributed by atoms with Crippen LogP contribution < -0.4 is 15.5 Å². The molecular weight excluding hydrogens is 384 g/mol. The van der Waals surface area contributed by atoms with Gasteiger partial charge in [0.05, 0.1) is 11.9 Å². The van der Waals surface area contributed by atoms with E-state index in [0.717, 1.165) is 41.5 Å². The smallest absolute Gasteiger partial charge is 0.230 e. The Morgan fingerprint density at radius 2 is 1.77 bits per heavy atom. The van der Waals surface area contributed by atoms with E-state index < -0.39 is 0 Å². The Labute approximate surface area is 183 Å². The summed E-state index contributed by atoms with van der Waals surface area (Å²) in [5.74, 6) is 2.36. The molecule has 1 aromatic carbocycles. The number of pyridine rings is 1. The summed E-state index contributed by atoms with van der Waals surface area (Å²) in [4.78, 5) is 16.5. The second kappa shape index (κ2) is 8.76. The minimum atomic E-state index is 0.582. The normalized spacial score (nSPS) is 16.0. The Balaban J connectivity index is 1.34. The van der Waals surface area contributed by atoms with E-state index in [4.69, 9.17) is 4.98 Å². The van der Waals surface area contributed by atoms with E-state index in [0.29, 0.717) is 12.0 Å². The van der Waals surface area contributed by atoms with Crippen molar-refractivity contribution in [1.29, 1.82) is 0 Å². The molecule has 158 valence electrons. The monoisotopic (exact) mass is 412 g/mol.